The van der Waals surface area contributed by atoms with Crippen LogP contribution in [0.3, 0.4) is 0 Å². The van der Waals surface area contributed by atoms with E-state index in [4.69, 9.17) is 5.73 Å². The highest BCUT2D eigenvalue weighted by molar-refractivity contribution is 5.77. The van der Waals surface area contributed by atoms with Gasteiger partial charge in [0.05, 0.1) is 12.6 Å². The van der Waals surface area contributed by atoms with Gasteiger partial charge < -0.3 is 11.1 Å². The molecule has 1 unspecified atom stereocenters. The number of likely N-dealkylation sites (N-methyl/N-ethyl adjacent to an activating group) is 1. The van der Waals surface area contributed by atoms with Crippen LogP contribution in [0.2, 0.25) is 0 Å². The van der Waals surface area contributed by atoms with Crippen molar-refractivity contribution < 1.29 is 0 Å². The van der Waals surface area contributed by atoms with E-state index in [0.717, 1.165) is 31.7 Å². The number of pyridine rings is 1. The number of benzene rings is 1. The largest absolute Gasteiger partial charge is 0.370 e. The van der Waals surface area contributed by atoms with Crippen LogP contribution in [0, 0.1) is 0 Å². The smallest absolute Gasteiger partial charge is 0.188 e. The lowest BCUT2D eigenvalue weighted by molar-refractivity contribution is 0.224. The fraction of sp³-hybridized carbons (Fsp3) is 0.400. The molecule has 1 heterocycles. The zero-order chi connectivity index (χ0) is 17.9. The summed E-state index contributed by atoms with van der Waals surface area (Å²) >= 11 is 0. The van der Waals surface area contributed by atoms with E-state index < -0.39 is 0 Å². The number of aliphatic imine (C=N–C) groups is 1. The molecule has 5 heteroatoms. The predicted molar refractivity (Wildman–Crippen MR) is 105 cm³/mol. The number of hydrogen-bond donors (Lipinski definition) is 2. The van der Waals surface area contributed by atoms with Crippen molar-refractivity contribution in [3.8, 4) is 0 Å². The van der Waals surface area contributed by atoms with Crippen molar-refractivity contribution in [3.63, 3.8) is 0 Å². The third-order valence-electron chi connectivity index (χ3n) is 4.29. The van der Waals surface area contributed by atoms with Crippen LogP contribution < -0.4 is 11.1 Å². The SMILES string of the molecule is CCN(CC)C(CN=C(N)NCCc1ccccn1)c1ccccc1. The molecule has 0 amide bonds. The summed E-state index contributed by atoms with van der Waals surface area (Å²) in [7, 11) is 0. The molecule has 1 aromatic heterocycles. The van der Waals surface area contributed by atoms with Gasteiger partial charge in [-0.2, -0.15) is 0 Å². The molecule has 1 atom stereocenters. The fourth-order valence-corrected chi connectivity index (χ4v) is 2.88. The zero-order valence-corrected chi connectivity index (χ0v) is 15.2. The standard InChI is InChI=1S/C20H29N5/c1-3-25(4-2)19(17-10-6-5-7-11-17)16-24-20(21)23-15-13-18-12-8-9-14-22-18/h5-12,14,19H,3-4,13,15-16H2,1-2H3,(H3,21,23,24). The number of nitrogens with one attached hydrogen (secondary N) is 1. The Balaban J connectivity index is 1.92. The number of hydrogen-bond acceptors (Lipinski definition) is 3. The van der Waals surface area contributed by atoms with Crippen molar-refractivity contribution >= 4 is 5.96 Å². The first-order chi connectivity index (χ1) is 12.2. The van der Waals surface area contributed by atoms with Crippen LogP contribution in [0.25, 0.3) is 0 Å². The van der Waals surface area contributed by atoms with Crippen LogP contribution in [-0.4, -0.2) is 42.0 Å². The van der Waals surface area contributed by atoms with Crippen LogP contribution in [0.4, 0.5) is 0 Å². The molecule has 0 saturated carbocycles. The maximum Gasteiger partial charge on any atom is 0.188 e. The molecule has 134 valence electrons. The minimum absolute atomic E-state index is 0.243. The highest BCUT2D eigenvalue weighted by Crippen LogP contribution is 2.20. The van der Waals surface area contributed by atoms with Gasteiger partial charge in [0.2, 0.25) is 0 Å². The topological polar surface area (TPSA) is 66.5 Å². The summed E-state index contributed by atoms with van der Waals surface area (Å²) in [6.07, 6.45) is 2.64. The van der Waals surface area contributed by atoms with Crippen LogP contribution in [-0.2, 0) is 6.42 Å². The van der Waals surface area contributed by atoms with Gasteiger partial charge in [-0.05, 0) is 30.8 Å². The number of aromatic nitrogens is 1. The predicted octanol–water partition coefficient (Wildman–Crippen LogP) is 2.61. The van der Waals surface area contributed by atoms with Crippen molar-refractivity contribution in [2.45, 2.75) is 26.3 Å². The Kier molecular flexibility index (Phi) is 7.92. The van der Waals surface area contributed by atoms with E-state index in [1.807, 2.05) is 24.3 Å². The van der Waals surface area contributed by atoms with E-state index in [-0.39, 0.29) is 6.04 Å². The molecule has 0 spiro atoms. The normalized spacial score (nSPS) is 13.0. The molecule has 0 fully saturated rings. The Morgan fingerprint density at radius 2 is 1.84 bits per heavy atom. The first-order valence-corrected chi connectivity index (χ1v) is 8.97. The maximum atomic E-state index is 6.05. The van der Waals surface area contributed by atoms with E-state index in [0.29, 0.717) is 12.5 Å². The molecule has 0 bridgehead atoms. The van der Waals surface area contributed by atoms with Crippen molar-refractivity contribution in [1.29, 1.82) is 0 Å². The Morgan fingerprint density at radius 1 is 1.12 bits per heavy atom. The second-order valence-corrected chi connectivity index (χ2v) is 5.87. The van der Waals surface area contributed by atoms with E-state index in [2.05, 4.69) is 58.3 Å². The summed E-state index contributed by atoms with van der Waals surface area (Å²) in [5, 5.41) is 3.18. The van der Waals surface area contributed by atoms with Gasteiger partial charge >= 0.3 is 0 Å². The Bertz CT molecular complexity index is 623. The molecule has 3 N–H and O–H groups in total. The van der Waals surface area contributed by atoms with E-state index in [9.17, 15) is 0 Å². The molecule has 0 radical (unpaired) electrons. The second kappa shape index (κ2) is 10.5. The lowest BCUT2D eigenvalue weighted by Crippen LogP contribution is -2.35. The molecule has 25 heavy (non-hydrogen) atoms. The van der Waals surface area contributed by atoms with E-state index >= 15 is 0 Å². The number of rotatable bonds is 9. The molecule has 0 aliphatic carbocycles. The molecule has 5 nitrogen and oxygen atoms in total. The molecule has 2 aromatic rings. The van der Waals surface area contributed by atoms with Crippen LogP contribution in [0.5, 0.6) is 0 Å². The molecule has 0 aliphatic heterocycles. The minimum Gasteiger partial charge on any atom is -0.370 e. The lowest BCUT2D eigenvalue weighted by atomic mass is 10.1. The summed E-state index contributed by atoms with van der Waals surface area (Å²) in [4.78, 5) is 11.3. The summed E-state index contributed by atoms with van der Waals surface area (Å²) in [5.74, 6) is 0.490. The van der Waals surface area contributed by atoms with E-state index in [1.54, 1.807) is 6.20 Å². The zero-order valence-electron chi connectivity index (χ0n) is 15.2. The van der Waals surface area contributed by atoms with Crippen molar-refractivity contribution in [2.24, 2.45) is 10.7 Å². The summed E-state index contributed by atoms with van der Waals surface area (Å²) in [6.45, 7) is 7.70. The average molecular weight is 339 g/mol. The highest BCUT2D eigenvalue weighted by Gasteiger charge is 2.17. The van der Waals surface area contributed by atoms with Crippen LogP contribution >= 0.6 is 0 Å². The number of nitrogens with two attached hydrogens (primary N) is 1. The quantitative estimate of drug-likeness (QED) is 0.544. The van der Waals surface area contributed by atoms with Gasteiger partial charge in [0, 0.05) is 24.9 Å². The number of nitrogens with zero attached hydrogens (tertiary/aromatic N) is 3. The minimum atomic E-state index is 0.243. The van der Waals surface area contributed by atoms with Crippen LogP contribution in [0.1, 0.15) is 31.1 Å². The van der Waals surface area contributed by atoms with Gasteiger partial charge in [-0.1, -0.05) is 50.2 Å². The second-order valence-electron chi connectivity index (χ2n) is 5.87. The summed E-state index contributed by atoms with van der Waals surface area (Å²) < 4.78 is 0. The van der Waals surface area contributed by atoms with Gasteiger partial charge in [-0.3, -0.25) is 14.9 Å². The maximum absolute atomic E-state index is 6.05. The number of guanidine groups is 1. The highest BCUT2D eigenvalue weighted by atomic mass is 15.2. The molecular formula is C20H29N5. The third-order valence-corrected chi connectivity index (χ3v) is 4.29. The van der Waals surface area contributed by atoms with Gasteiger partial charge in [0.25, 0.3) is 0 Å². The first kappa shape index (κ1) is 18.9. The van der Waals surface area contributed by atoms with E-state index in [1.165, 1.54) is 5.56 Å². The van der Waals surface area contributed by atoms with Gasteiger partial charge in [-0.15, -0.1) is 0 Å². The molecule has 0 aliphatic rings. The average Bonchev–Trinajstić information content (AvgIpc) is 2.66. The Hall–Kier alpha value is -2.40. The summed E-state index contributed by atoms with van der Waals surface area (Å²) in [6, 6.07) is 16.7. The van der Waals surface area contributed by atoms with Gasteiger partial charge in [-0.25, -0.2) is 0 Å². The molecule has 2 rings (SSSR count). The van der Waals surface area contributed by atoms with Gasteiger partial charge in [0.15, 0.2) is 5.96 Å². The molecular weight excluding hydrogens is 310 g/mol. The van der Waals surface area contributed by atoms with Crippen molar-refractivity contribution in [3.05, 3.63) is 66.0 Å². The Morgan fingerprint density at radius 3 is 2.48 bits per heavy atom. The molecule has 1 aromatic carbocycles. The van der Waals surface area contributed by atoms with Crippen LogP contribution in [0.15, 0.2) is 59.7 Å². The molecule has 0 saturated heterocycles. The Labute approximate surface area is 151 Å². The third kappa shape index (κ3) is 6.19. The first-order valence-electron chi connectivity index (χ1n) is 8.97. The monoisotopic (exact) mass is 339 g/mol. The van der Waals surface area contributed by atoms with Crippen molar-refractivity contribution in [2.75, 3.05) is 26.2 Å². The summed E-state index contributed by atoms with van der Waals surface area (Å²) in [5.41, 5.74) is 8.37. The van der Waals surface area contributed by atoms with Gasteiger partial charge in [0.1, 0.15) is 0 Å². The van der Waals surface area contributed by atoms with Crippen molar-refractivity contribution in [1.82, 2.24) is 15.2 Å². The fourth-order valence-electron chi connectivity index (χ4n) is 2.88. The lowest BCUT2D eigenvalue weighted by Gasteiger charge is -2.29.